The Morgan fingerprint density at radius 2 is 2.12 bits per heavy atom. The van der Waals surface area contributed by atoms with Crippen LogP contribution in [0, 0.1) is 11.7 Å². The lowest BCUT2D eigenvalue weighted by Gasteiger charge is -2.18. The molecule has 6 nitrogen and oxygen atoms in total. The first-order chi connectivity index (χ1) is 12.3. The molecule has 3 heterocycles. The van der Waals surface area contributed by atoms with Gasteiger partial charge in [-0.2, -0.15) is 5.10 Å². The van der Waals surface area contributed by atoms with Crippen LogP contribution in [0.1, 0.15) is 43.2 Å². The van der Waals surface area contributed by atoms with E-state index in [1.54, 1.807) is 4.90 Å². The highest BCUT2D eigenvalue weighted by Crippen LogP contribution is 2.22. The zero-order chi connectivity index (χ0) is 18.7. The van der Waals surface area contributed by atoms with Crippen LogP contribution in [0.4, 0.5) is 4.39 Å². The van der Waals surface area contributed by atoms with Gasteiger partial charge in [-0.1, -0.05) is 20.8 Å². The number of carbonyl (C=O) groups is 1. The molecule has 0 bridgehead atoms. The second kappa shape index (κ2) is 7.35. The number of pyridine rings is 1. The average molecular weight is 358 g/mol. The summed E-state index contributed by atoms with van der Waals surface area (Å²) in [6.07, 6.45) is 3.29. The van der Waals surface area contributed by atoms with Crippen LogP contribution in [0.25, 0.3) is 0 Å². The van der Waals surface area contributed by atoms with Crippen molar-refractivity contribution in [2.45, 2.75) is 32.6 Å². The topological polar surface area (TPSA) is 68.2 Å². The fourth-order valence-electron chi connectivity index (χ4n) is 2.87. The number of halogens is 1. The number of nitrogens with zero attached hydrogens (tertiary/aromatic N) is 4. The summed E-state index contributed by atoms with van der Waals surface area (Å²) >= 11 is 0. The third-order valence-electron chi connectivity index (χ3n) is 4.45. The van der Waals surface area contributed by atoms with Gasteiger partial charge in [0.15, 0.2) is 5.82 Å². The molecule has 7 heteroatoms. The number of hydrogen-bond acceptors (Lipinski definition) is 5. The molecule has 2 aromatic heterocycles. The van der Waals surface area contributed by atoms with E-state index in [1.807, 2.05) is 12.1 Å². The van der Waals surface area contributed by atoms with Crippen LogP contribution in [0.15, 0.2) is 30.6 Å². The van der Waals surface area contributed by atoms with E-state index in [9.17, 15) is 9.18 Å². The van der Waals surface area contributed by atoms with E-state index < -0.39 is 5.82 Å². The van der Waals surface area contributed by atoms with Crippen LogP contribution < -0.4 is 4.74 Å². The summed E-state index contributed by atoms with van der Waals surface area (Å²) in [5.74, 6) is -0.232. The van der Waals surface area contributed by atoms with Crippen LogP contribution in [0.3, 0.4) is 0 Å². The fraction of sp³-hybridized carbons (Fsp3) is 0.474. The van der Waals surface area contributed by atoms with E-state index >= 15 is 0 Å². The van der Waals surface area contributed by atoms with Crippen LogP contribution in [0.5, 0.6) is 5.88 Å². The number of ether oxygens (including phenoxy) is 1. The highest BCUT2D eigenvalue weighted by atomic mass is 19.1. The van der Waals surface area contributed by atoms with Crippen LogP contribution in [-0.4, -0.2) is 45.7 Å². The van der Waals surface area contributed by atoms with E-state index in [-0.39, 0.29) is 22.8 Å². The monoisotopic (exact) mass is 358 g/mol. The molecule has 0 saturated carbocycles. The average Bonchev–Trinajstić information content (AvgIpc) is 3.08. The largest absolute Gasteiger partial charge is 0.476 e. The molecule has 138 valence electrons. The minimum Gasteiger partial charge on any atom is -0.476 e. The Morgan fingerprint density at radius 1 is 1.31 bits per heavy atom. The van der Waals surface area contributed by atoms with Gasteiger partial charge in [-0.3, -0.25) is 9.78 Å². The predicted molar refractivity (Wildman–Crippen MR) is 94.4 cm³/mol. The minimum absolute atomic E-state index is 0.0555. The van der Waals surface area contributed by atoms with Crippen LogP contribution in [-0.2, 0) is 5.41 Å². The molecule has 0 radical (unpaired) electrons. The van der Waals surface area contributed by atoms with E-state index in [1.165, 1.54) is 12.3 Å². The van der Waals surface area contributed by atoms with E-state index in [0.717, 1.165) is 18.3 Å². The maximum atomic E-state index is 13.7. The molecule has 1 unspecified atom stereocenters. The Kier molecular flexibility index (Phi) is 5.15. The molecule has 1 aliphatic heterocycles. The molecule has 1 aliphatic rings. The highest BCUT2D eigenvalue weighted by molar-refractivity contribution is 5.94. The van der Waals surface area contributed by atoms with Crippen molar-refractivity contribution in [3.8, 4) is 5.88 Å². The third kappa shape index (κ3) is 4.15. The van der Waals surface area contributed by atoms with E-state index in [2.05, 4.69) is 36.0 Å². The van der Waals surface area contributed by atoms with Gasteiger partial charge in [0, 0.05) is 36.7 Å². The van der Waals surface area contributed by atoms with Gasteiger partial charge in [0.05, 0.1) is 24.1 Å². The van der Waals surface area contributed by atoms with Crippen molar-refractivity contribution >= 4 is 5.91 Å². The Bertz CT molecular complexity index is 774. The summed E-state index contributed by atoms with van der Waals surface area (Å²) in [6, 6.07) is 5.14. The number of likely N-dealkylation sites (tertiary alicyclic amines) is 1. The van der Waals surface area contributed by atoms with Gasteiger partial charge in [-0.25, -0.2) is 4.39 Å². The molecule has 3 rings (SSSR count). The SMILES string of the molecule is CC(C)(C)c1ccc(OCC2CCN(C(=O)c3ccncc3F)C2)nn1. The lowest BCUT2D eigenvalue weighted by Crippen LogP contribution is -2.30. The van der Waals surface area contributed by atoms with Gasteiger partial charge < -0.3 is 9.64 Å². The number of aromatic nitrogens is 3. The summed E-state index contributed by atoms with van der Waals surface area (Å²) in [5, 5.41) is 8.31. The van der Waals surface area contributed by atoms with Crippen molar-refractivity contribution in [2.24, 2.45) is 5.92 Å². The second-order valence-corrected chi connectivity index (χ2v) is 7.58. The van der Waals surface area contributed by atoms with Crippen molar-refractivity contribution in [3.05, 3.63) is 47.7 Å². The van der Waals surface area contributed by atoms with Gasteiger partial charge in [0.2, 0.25) is 5.88 Å². The van der Waals surface area contributed by atoms with Gasteiger partial charge >= 0.3 is 0 Å². The molecule has 1 amide bonds. The first-order valence-corrected chi connectivity index (χ1v) is 8.70. The summed E-state index contributed by atoms with van der Waals surface area (Å²) in [7, 11) is 0. The molecule has 0 aromatic carbocycles. The van der Waals surface area contributed by atoms with Crippen molar-refractivity contribution in [1.29, 1.82) is 0 Å². The zero-order valence-corrected chi connectivity index (χ0v) is 15.3. The molecule has 1 fully saturated rings. The summed E-state index contributed by atoms with van der Waals surface area (Å²) in [5.41, 5.74) is 0.909. The molecular formula is C19H23FN4O2. The Hall–Kier alpha value is -2.57. The lowest BCUT2D eigenvalue weighted by atomic mass is 9.92. The van der Waals surface area contributed by atoms with Crippen molar-refractivity contribution in [3.63, 3.8) is 0 Å². The van der Waals surface area contributed by atoms with Crippen molar-refractivity contribution in [1.82, 2.24) is 20.1 Å². The number of carbonyl (C=O) groups excluding carboxylic acids is 1. The van der Waals surface area contributed by atoms with Gasteiger partial charge in [0.1, 0.15) is 0 Å². The third-order valence-corrected chi connectivity index (χ3v) is 4.45. The quantitative estimate of drug-likeness (QED) is 0.841. The molecular weight excluding hydrogens is 335 g/mol. The highest BCUT2D eigenvalue weighted by Gasteiger charge is 2.29. The van der Waals surface area contributed by atoms with Crippen molar-refractivity contribution < 1.29 is 13.9 Å². The smallest absolute Gasteiger partial charge is 0.256 e. The Balaban J connectivity index is 1.53. The first-order valence-electron chi connectivity index (χ1n) is 8.70. The Morgan fingerprint density at radius 3 is 2.77 bits per heavy atom. The van der Waals surface area contributed by atoms with Crippen LogP contribution in [0.2, 0.25) is 0 Å². The minimum atomic E-state index is -0.591. The molecule has 0 aliphatic carbocycles. The molecule has 0 N–H and O–H groups in total. The first kappa shape index (κ1) is 18.2. The number of rotatable bonds is 4. The predicted octanol–water partition coefficient (Wildman–Crippen LogP) is 2.85. The molecule has 2 aromatic rings. The molecule has 26 heavy (non-hydrogen) atoms. The number of hydrogen-bond donors (Lipinski definition) is 0. The lowest BCUT2D eigenvalue weighted by molar-refractivity contribution is 0.0778. The van der Waals surface area contributed by atoms with E-state index in [4.69, 9.17) is 4.74 Å². The standard InChI is InChI=1S/C19H23FN4O2/c1-19(2,3)16-4-5-17(23-22-16)26-12-13-7-9-24(11-13)18(25)14-6-8-21-10-15(14)20/h4-6,8,10,13H,7,9,11-12H2,1-3H3. The summed E-state index contributed by atoms with van der Waals surface area (Å²) < 4.78 is 19.4. The number of amides is 1. The zero-order valence-electron chi connectivity index (χ0n) is 15.3. The molecule has 1 saturated heterocycles. The molecule has 1 atom stereocenters. The fourth-order valence-corrected chi connectivity index (χ4v) is 2.87. The van der Waals surface area contributed by atoms with Gasteiger partial charge in [-0.15, -0.1) is 5.10 Å². The van der Waals surface area contributed by atoms with E-state index in [0.29, 0.717) is 25.6 Å². The maximum absolute atomic E-state index is 13.7. The summed E-state index contributed by atoms with van der Waals surface area (Å²) in [6.45, 7) is 7.80. The van der Waals surface area contributed by atoms with Gasteiger partial charge in [-0.05, 0) is 18.6 Å². The van der Waals surface area contributed by atoms with Crippen LogP contribution >= 0.6 is 0 Å². The van der Waals surface area contributed by atoms with Gasteiger partial charge in [0.25, 0.3) is 5.91 Å². The molecule has 0 spiro atoms. The second-order valence-electron chi connectivity index (χ2n) is 7.58. The maximum Gasteiger partial charge on any atom is 0.256 e. The Labute approximate surface area is 152 Å². The normalized spacial score (nSPS) is 17.4. The van der Waals surface area contributed by atoms with Crippen molar-refractivity contribution in [2.75, 3.05) is 19.7 Å². The summed E-state index contributed by atoms with van der Waals surface area (Å²) in [4.78, 5) is 17.7.